The number of hydrogen-bond donors (Lipinski definition) is 1. The first kappa shape index (κ1) is 13.1. The smallest absolute Gasteiger partial charge is 0.257 e. The van der Waals surface area contributed by atoms with Gasteiger partial charge >= 0.3 is 0 Å². The van der Waals surface area contributed by atoms with Gasteiger partial charge in [-0.2, -0.15) is 0 Å². The highest BCUT2D eigenvalue weighted by Crippen LogP contribution is 2.30. The van der Waals surface area contributed by atoms with Gasteiger partial charge in [0.25, 0.3) is 5.56 Å². The standard InChI is InChI=1S/C15H21NO2/c1-5-9(2)12-6-14-11(4)10(3)7-16(14)15(18)13(12)8-17/h6,9,17H,5,7-8H2,1-4H3. The summed E-state index contributed by atoms with van der Waals surface area (Å²) in [6.45, 7) is 8.82. The molecule has 1 aromatic rings. The zero-order valence-corrected chi connectivity index (χ0v) is 11.6. The Hall–Kier alpha value is -1.35. The third kappa shape index (κ3) is 1.83. The van der Waals surface area contributed by atoms with Gasteiger partial charge in [-0.15, -0.1) is 0 Å². The van der Waals surface area contributed by atoms with E-state index >= 15 is 0 Å². The van der Waals surface area contributed by atoms with Gasteiger partial charge in [0.05, 0.1) is 6.61 Å². The molecule has 1 aliphatic rings. The molecule has 1 aromatic heterocycles. The molecular formula is C15H21NO2. The van der Waals surface area contributed by atoms with Gasteiger partial charge in [-0.3, -0.25) is 4.79 Å². The lowest BCUT2D eigenvalue weighted by atomic mass is 9.93. The molecule has 2 heterocycles. The quantitative estimate of drug-likeness (QED) is 0.892. The molecule has 1 unspecified atom stereocenters. The molecule has 0 fully saturated rings. The van der Waals surface area contributed by atoms with Gasteiger partial charge in [-0.05, 0) is 49.0 Å². The van der Waals surface area contributed by atoms with Crippen LogP contribution in [0.5, 0.6) is 0 Å². The fourth-order valence-corrected chi connectivity index (χ4v) is 2.57. The van der Waals surface area contributed by atoms with Gasteiger partial charge in [-0.1, -0.05) is 13.8 Å². The average molecular weight is 247 g/mol. The van der Waals surface area contributed by atoms with Gasteiger partial charge < -0.3 is 9.67 Å². The van der Waals surface area contributed by atoms with Gasteiger partial charge in [0.15, 0.2) is 0 Å². The van der Waals surface area contributed by atoms with E-state index in [1.807, 2.05) is 0 Å². The lowest BCUT2D eigenvalue weighted by Crippen LogP contribution is -2.26. The van der Waals surface area contributed by atoms with Crippen molar-refractivity contribution in [2.75, 3.05) is 0 Å². The van der Waals surface area contributed by atoms with Crippen LogP contribution in [0, 0.1) is 0 Å². The summed E-state index contributed by atoms with van der Waals surface area (Å²) in [6.07, 6.45) is 0.970. The predicted molar refractivity (Wildman–Crippen MR) is 73.6 cm³/mol. The van der Waals surface area contributed by atoms with Crippen molar-refractivity contribution in [2.24, 2.45) is 0 Å². The monoisotopic (exact) mass is 247 g/mol. The molecule has 18 heavy (non-hydrogen) atoms. The van der Waals surface area contributed by atoms with E-state index in [1.165, 1.54) is 11.1 Å². The zero-order valence-electron chi connectivity index (χ0n) is 11.6. The van der Waals surface area contributed by atoms with Crippen LogP contribution < -0.4 is 5.56 Å². The van der Waals surface area contributed by atoms with Crippen LogP contribution in [0.25, 0.3) is 5.57 Å². The lowest BCUT2D eigenvalue weighted by Gasteiger charge is -2.16. The number of rotatable bonds is 3. The molecule has 0 saturated heterocycles. The van der Waals surface area contributed by atoms with Crippen molar-refractivity contribution in [3.63, 3.8) is 0 Å². The van der Waals surface area contributed by atoms with Crippen LogP contribution in [0.4, 0.5) is 0 Å². The average Bonchev–Trinajstić information content (AvgIpc) is 2.65. The van der Waals surface area contributed by atoms with E-state index in [0.29, 0.717) is 18.0 Å². The minimum absolute atomic E-state index is 0.0264. The van der Waals surface area contributed by atoms with Crippen LogP contribution in [0.1, 0.15) is 56.9 Å². The fraction of sp³-hybridized carbons (Fsp3) is 0.533. The number of pyridine rings is 1. The Kier molecular flexibility index (Phi) is 3.44. The second kappa shape index (κ2) is 4.73. The molecule has 0 saturated carbocycles. The molecule has 1 N–H and O–H groups in total. The van der Waals surface area contributed by atoms with Gasteiger partial charge in [0, 0.05) is 17.8 Å². The highest BCUT2D eigenvalue weighted by Gasteiger charge is 2.22. The van der Waals surface area contributed by atoms with Gasteiger partial charge in [0.1, 0.15) is 0 Å². The summed E-state index contributed by atoms with van der Waals surface area (Å²) in [5.74, 6) is 0.305. The number of nitrogens with zero attached hydrogens (tertiary/aromatic N) is 1. The van der Waals surface area contributed by atoms with E-state index in [4.69, 9.17) is 0 Å². The fourth-order valence-electron chi connectivity index (χ4n) is 2.57. The normalized spacial score (nSPS) is 16.1. The zero-order chi connectivity index (χ0) is 13.4. The molecule has 98 valence electrons. The maximum atomic E-state index is 12.4. The first-order valence-corrected chi connectivity index (χ1v) is 6.55. The predicted octanol–water partition coefficient (Wildman–Crippen LogP) is 2.66. The molecule has 0 amide bonds. The topological polar surface area (TPSA) is 42.2 Å². The molecule has 0 spiro atoms. The van der Waals surface area contributed by atoms with Crippen LogP contribution in [-0.2, 0) is 13.2 Å². The summed E-state index contributed by atoms with van der Waals surface area (Å²) in [5.41, 5.74) is 4.99. The minimum atomic E-state index is -0.170. The number of hydrogen-bond acceptors (Lipinski definition) is 2. The summed E-state index contributed by atoms with van der Waals surface area (Å²) in [5, 5.41) is 9.48. The summed E-state index contributed by atoms with van der Waals surface area (Å²) < 4.78 is 1.78. The van der Waals surface area contributed by atoms with Gasteiger partial charge in [0.2, 0.25) is 0 Å². The lowest BCUT2D eigenvalue weighted by molar-refractivity contribution is 0.277. The van der Waals surface area contributed by atoms with Crippen molar-refractivity contribution in [3.8, 4) is 0 Å². The van der Waals surface area contributed by atoms with Crippen LogP contribution in [0.2, 0.25) is 0 Å². The molecule has 0 aliphatic carbocycles. The largest absolute Gasteiger partial charge is 0.391 e. The highest BCUT2D eigenvalue weighted by atomic mass is 16.3. The third-order valence-electron chi connectivity index (χ3n) is 4.16. The highest BCUT2D eigenvalue weighted by molar-refractivity contribution is 5.68. The Bertz CT molecular complexity index is 567. The number of aromatic nitrogens is 1. The van der Waals surface area contributed by atoms with Crippen LogP contribution >= 0.6 is 0 Å². The van der Waals surface area contributed by atoms with Crippen molar-refractivity contribution in [2.45, 2.75) is 53.2 Å². The van der Waals surface area contributed by atoms with Crippen molar-refractivity contribution in [1.82, 2.24) is 4.57 Å². The molecule has 0 aromatic carbocycles. The van der Waals surface area contributed by atoms with E-state index < -0.39 is 0 Å². The van der Waals surface area contributed by atoms with Crippen molar-refractivity contribution in [1.29, 1.82) is 0 Å². The molecule has 1 atom stereocenters. The molecule has 0 radical (unpaired) electrons. The van der Waals surface area contributed by atoms with E-state index in [2.05, 4.69) is 33.8 Å². The number of aliphatic hydroxyl groups excluding tert-OH is 1. The Morgan fingerprint density at radius 3 is 2.67 bits per heavy atom. The number of fused-ring (bicyclic) bond motifs is 1. The minimum Gasteiger partial charge on any atom is -0.391 e. The first-order valence-electron chi connectivity index (χ1n) is 6.55. The molecular weight excluding hydrogens is 226 g/mol. The molecule has 3 heteroatoms. The molecule has 2 rings (SSSR count). The van der Waals surface area contributed by atoms with Crippen LogP contribution in [0.3, 0.4) is 0 Å². The maximum Gasteiger partial charge on any atom is 0.257 e. The van der Waals surface area contributed by atoms with Crippen molar-refractivity contribution in [3.05, 3.63) is 38.8 Å². The first-order chi connectivity index (χ1) is 8.51. The molecule has 1 aliphatic heterocycles. The second-order valence-corrected chi connectivity index (χ2v) is 5.23. The Balaban J connectivity index is 2.70. The van der Waals surface area contributed by atoms with E-state index in [9.17, 15) is 9.90 Å². The SMILES string of the molecule is CCC(C)c1cc2n(c(=O)c1CO)CC(C)=C2C. The van der Waals surface area contributed by atoms with Crippen molar-refractivity contribution >= 4 is 5.57 Å². The second-order valence-electron chi connectivity index (χ2n) is 5.23. The van der Waals surface area contributed by atoms with E-state index in [1.54, 1.807) is 4.57 Å². The molecule has 3 nitrogen and oxygen atoms in total. The summed E-state index contributed by atoms with van der Waals surface area (Å²) in [4.78, 5) is 12.4. The molecule has 0 bridgehead atoms. The Labute approximate surface area is 108 Å². The summed E-state index contributed by atoms with van der Waals surface area (Å²) >= 11 is 0. The maximum absolute atomic E-state index is 12.4. The summed E-state index contributed by atoms with van der Waals surface area (Å²) in [7, 11) is 0. The van der Waals surface area contributed by atoms with Crippen molar-refractivity contribution < 1.29 is 5.11 Å². The Morgan fingerprint density at radius 2 is 2.11 bits per heavy atom. The third-order valence-corrected chi connectivity index (χ3v) is 4.16. The van der Waals surface area contributed by atoms with Crippen LogP contribution in [0.15, 0.2) is 16.4 Å². The Morgan fingerprint density at radius 1 is 1.44 bits per heavy atom. The van der Waals surface area contributed by atoms with Gasteiger partial charge in [-0.25, -0.2) is 0 Å². The van der Waals surface area contributed by atoms with Crippen LogP contribution in [-0.4, -0.2) is 9.67 Å². The van der Waals surface area contributed by atoms with E-state index in [-0.39, 0.29) is 12.2 Å². The number of aliphatic hydroxyl groups is 1. The summed E-state index contributed by atoms with van der Waals surface area (Å²) in [6, 6.07) is 2.09. The van der Waals surface area contributed by atoms with E-state index in [0.717, 1.165) is 17.7 Å². The number of allylic oxidation sites excluding steroid dienone is 2.